The van der Waals surface area contributed by atoms with Gasteiger partial charge in [-0.2, -0.15) is 9.97 Å². The fourth-order valence-electron chi connectivity index (χ4n) is 3.93. The molecule has 4 atom stereocenters. The van der Waals surface area contributed by atoms with Crippen LogP contribution in [-0.4, -0.2) is 71.8 Å². The van der Waals surface area contributed by atoms with Gasteiger partial charge in [-0.15, -0.1) is 0 Å². The van der Waals surface area contributed by atoms with Crippen LogP contribution in [0.3, 0.4) is 0 Å². The summed E-state index contributed by atoms with van der Waals surface area (Å²) in [6.07, 6.45) is -3.91. The third-order valence-corrected chi connectivity index (χ3v) is 6.44. The van der Waals surface area contributed by atoms with Crippen LogP contribution in [0.25, 0.3) is 22.3 Å². The first-order chi connectivity index (χ1) is 17.2. The highest BCUT2D eigenvalue weighted by molar-refractivity contribution is 9.10. The van der Waals surface area contributed by atoms with Crippen molar-refractivity contribution < 1.29 is 29.0 Å². The van der Waals surface area contributed by atoms with Crippen LogP contribution in [-0.2, 0) is 16.1 Å². The lowest BCUT2D eigenvalue weighted by atomic mass is 10.1. The first-order valence-electron chi connectivity index (χ1n) is 10.6. The first kappa shape index (κ1) is 24.5. The van der Waals surface area contributed by atoms with Crippen molar-refractivity contribution in [2.24, 2.45) is 0 Å². The number of imidazole rings is 1. The highest BCUT2D eigenvalue weighted by Gasteiger charge is 2.47. The Labute approximate surface area is 216 Å². The number of aliphatic hydroxyl groups excluding tert-OH is 2. The Morgan fingerprint density at radius 3 is 2.72 bits per heavy atom. The van der Waals surface area contributed by atoms with E-state index < -0.39 is 30.4 Å². The molecule has 15 heteroatoms. The summed E-state index contributed by atoms with van der Waals surface area (Å²) in [7, 11) is 1.40. The minimum atomic E-state index is -1.45. The van der Waals surface area contributed by atoms with Crippen LogP contribution in [0.5, 0.6) is 0 Å². The molecule has 0 unspecified atom stereocenters. The van der Waals surface area contributed by atoms with Gasteiger partial charge in [0.1, 0.15) is 17.7 Å². The van der Waals surface area contributed by atoms with Gasteiger partial charge in [0.2, 0.25) is 11.1 Å². The Morgan fingerprint density at radius 2 is 2.00 bits per heavy atom. The molecule has 4 heterocycles. The van der Waals surface area contributed by atoms with Crippen LogP contribution < -0.4 is 10.6 Å². The molecule has 36 heavy (non-hydrogen) atoms. The zero-order valence-electron chi connectivity index (χ0n) is 18.8. The number of halogens is 2. The second-order valence-electron chi connectivity index (χ2n) is 8.06. The number of benzene rings is 1. The minimum Gasteiger partial charge on any atom is -0.432 e. The molecule has 5 rings (SSSR count). The van der Waals surface area contributed by atoms with Gasteiger partial charge >= 0.3 is 0 Å². The molecular formula is C21H19BrClN7O6. The number of aromatic nitrogens is 5. The van der Waals surface area contributed by atoms with Crippen LogP contribution in [0.4, 0.5) is 5.82 Å². The third-order valence-electron chi connectivity index (χ3n) is 5.68. The fraction of sp³-hybridized carbons (Fsp3) is 0.333. The number of carbonyl (C=O) groups excluding carboxylic acids is 2. The number of nitrogens with zero attached hydrogens (tertiary/aromatic N) is 5. The van der Waals surface area contributed by atoms with Crippen molar-refractivity contribution in [3.63, 3.8) is 0 Å². The van der Waals surface area contributed by atoms with Crippen molar-refractivity contribution >= 4 is 67.3 Å². The molecule has 1 aliphatic rings. The summed E-state index contributed by atoms with van der Waals surface area (Å²) in [5.74, 6) is -0.530. The molecule has 13 nitrogen and oxygen atoms in total. The number of hydrogen-bond donors (Lipinski definition) is 4. The number of amides is 1. The van der Waals surface area contributed by atoms with E-state index in [0.29, 0.717) is 26.9 Å². The van der Waals surface area contributed by atoms with Crippen molar-refractivity contribution in [3.8, 4) is 0 Å². The molecule has 0 bridgehead atoms. The maximum atomic E-state index is 12.0. The summed E-state index contributed by atoms with van der Waals surface area (Å²) < 4.78 is 13.1. The van der Waals surface area contributed by atoms with Crippen LogP contribution in [0.1, 0.15) is 29.4 Å². The Hall–Kier alpha value is -3.17. The van der Waals surface area contributed by atoms with Crippen LogP contribution in [0.15, 0.2) is 27.3 Å². The fourth-order valence-corrected chi connectivity index (χ4v) is 4.68. The predicted octanol–water partition coefficient (Wildman–Crippen LogP) is 1.56. The molecule has 1 saturated heterocycles. The number of fused-ring (bicyclic) bond motifs is 2. The van der Waals surface area contributed by atoms with Gasteiger partial charge in [-0.05, 0) is 45.2 Å². The number of ketones is 1. The molecule has 3 aromatic heterocycles. The SMILES string of the molecule is CNC(=O)[C@H]1O[C@@H](n2cnc3c(NCc4cc(Br)c5oc(C(C)=O)nc5c4)nc(Cl)nc32)[C@H](O)[C@@H]1O. The molecule has 0 radical (unpaired) electrons. The number of ether oxygens (including phenoxy) is 1. The van der Waals surface area contributed by atoms with Gasteiger partial charge in [0.05, 0.1) is 10.8 Å². The van der Waals surface area contributed by atoms with Crippen molar-refractivity contribution in [1.29, 1.82) is 0 Å². The summed E-state index contributed by atoms with van der Waals surface area (Å²) >= 11 is 9.60. The predicted molar refractivity (Wildman–Crippen MR) is 129 cm³/mol. The minimum absolute atomic E-state index is 0.0192. The number of carbonyl (C=O) groups is 2. The lowest BCUT2D eigenvalue weighted by Gasteiger charge is -2.16. The van der Waals surface area contributed by atoms with Gasteiger partial charge in [0.15, 0.2) is 34.9 Å². The quantitative estimate of drug-likeness (QED) is 0.192. The molecule has 188 valence electrons. The number of rotatable bonds is 6. The monoisotopic (exact) mass is 579 g/mol. The molecule has 0 aliphatic carbocycles. The van der Waals surface area contributed by atoms with Crippen LogP contribution >= 0.6 is 27.5 Å². The Balaban J connectivity index is 1.44. The number of oxazole rings is 1. The highest BCUT2D eigenvalue weighted by atomic mass is 79.9. The normalized spacial score (nSPS) is 21.8. The second kappa shape index (κ2) is 9.37. The van der Waals surface area contributed by atoms with E-state index in [9.17, 15) is 19.8 Å². The van der Waals surface area contributed by atoms with Crippen LogP contribution in [0.2, 0.25) is 5.28 Å². The second-order valence-corrected chi connectivity index (χ2v) is 9.26. The van der Waals surface area contributed by atoms with E-state index in [4.69, 9.17) is 20.8 Å². The van der Waals surface area contributed by atoms with E-state index in [1.807, 2.05) is 6.07 Å². The maximum absolute atomic E-state index is 12.0. The average molecular weight is 581 g/mol. The van der Waals surface area contributed by atoms with Gasteiger partial charge in [-0.1, -0.05) is 0 Å². The van der Waals surface area contributed by atoms with Gasteiger partial charge in [-0.3, -0.25) is 14.2 Å². The Kier molecular flexibility index (Phi) is 6.38. The van der Waals surface area contributed by atoms with E-state index in [1.54, 1.807) is 6.07 Å². The summed E-state index contributed by atoms with van der Waals surface area (Å²) in [6.45, 7) is 1.66. The third kappa shape index (κ3) is 4.20. The van der Waals surface area contributed by atoms with Crippen molar-refractivity contribution in [2.45, 2.75) is 38.0 Å². The first-order valence-corrected chi connectivity index (χ1v) is 11.8. The number of likely N-dealkylation sites (N-methyl/N-ethyl adjacent to an activating group) is 1. The zero-order chi connectivity index (χ0) is 25.7. The molecule has 4 N–H and O–H groups in total. The number of nitrogens with one attached hydrogen (secondary N) is 2. The maximum Gasteiger partial charge on any atom is 0.263 e. The van der Waals surface area contributed by atoms with Gasteiger partial charge in [-0.25, -0.2) is 9.97 Å². The smallest absolute Gasteiger partial charge is 0.263 e. The molecule has 0 spiro atoms. The van der Waals surface area contributed by atoms with E-state index in [2.05, 4.69) is 46.5 Å². The molecule has 1 aliphatic heterocycles. The molecule has 1 aromatic carbocycles. The lowest BCUT2D eigenvalue weighted by Crippen LogP contribution is -2.41. The number of hydrogen-bond acceptors (Lipinski definition) is 11. The number of Topliss-reactive ketones (excluding diaryl/α,β-unsaturated/α-hetero) is 1. The highest BCUT2D eigenvalue weighted by Crippen LogP contribution is 2.33. The number of anilines is 1. The van der Waals surface area contributed by atoms with Gasteiger partial charge < -0.3 is 30.0 Å². The molecule has 1 fully saturated rings. The van der Waals surface area contributed by atoms with Crippen molar-refractivity contribution in [1.82, 2.24) is 29.8 Å². The molecule has 1 amide bonds. The largest absolute Gasteiger partial charge is 0.432 e. The Morgan fingerprint density at radius 1 is 1.22 bits per heavy atom. The summed E-state index contributed by atoms with van der Waals surface area (Å²) in [5, 5.41) is 26.2. The van der Waals surface area contributed by atoms with Gasteiger partial charge in [0.25, 0.3) is 11.8 Å². The topological polar surface area (TPSA) is 178 Å². The van der Waals surface area contributed by atoms with Crippen molar-refractivity contribution in [2.75, 3.05) is 12.4 Å². The van der Waals surface area contributed by atoms with E-state index in [1.165, 1.54) is 24.9 Å². The molecular weight excluding hydrogens is 562 g/mol. The van der Waals surface area contributed by atoms with E-state index >= 15 is 0 Å². The van der Waals surface area contributed by atoms with E-state index in [0.717, 1.165) is 5.56 Å². The summed E-state index contributed by atoms with van der Waals surface area (Å²) in [5.41, 5.74) is 2.32. The average Bonchev–Trinajstić information content (AvgIpc) is 3.54. The van der Waals surface area contributed by atoms with E-state index in [-0.39, 0.29) is 29.1 Å². The zero-order valence-corrected chi connectivity index (χ0v) is 21.1. The van der Waals surface area contributed by atoms with Crippen molar-refractivity contribution in [3.05, 3.63) is 39.7 Å². The number of aliphatic hydroxyl groups is 2. The standard InChI is InChI=1S/C21H19BrClN7O6/c1-7(31)19-27-10-4-8(3-9(22)14(10)35-19)5-25-16-11-17(29-21(23)28-16)30(6-26-11)20-13(33)12(32)15(36-20)18(34)24-2/h3-4,6,12-13,15,20,32-33H,5H2,1-2H3,(H,24,34)(H,25,28,29)/t12-,13+,15-,20+/m0/s1. The summed E-state index contributed by atoms with van der Waals surface area (Å²) in [4.78, 5) is 40.6. The Bertz CT molecular complexity index is 1510. The molecule has 4 aromatic rings. The lowest BCUT2D eigenvalue weighted by molar-refractivity contribution is -0.137. The molecule has 0 saturated carbocycles. The van der Waals surface area contributed by atoms with Gasteiger partial charge in [0, 0.05) is 20.5 Å². The van der Waals surface area contributed by atoms with Crippen LogP contribution in [0, 0.1) is 0 Å². The summed E-state index contributed by atoms with van der Waals surface area (Å²) in [6, 6.07) is 3.58.